The van der Waals surface area contributed by atoms with Crippen molar-refractivity contribution < 1.29 is 0 Å². The highest BCUT2D eigenvalue weighted by Gasteiger charge is 2.29. The van der Waals surface area contributed by atoms with Crippen molar-refractivity contribution in [2.75, 3.05) is 0 Å². The number of rotatable bonds is 2. The molecule has 0 heterocycles. The maximum absolute atomic E-state index is 4.73. The topological polar surface area (TPSA) is 0 Å². The molecule has 0 aromatic heterocycles. The Balaban J connectivity index is 2.43. The maximum atomic E-state index is 4.73. The Hall–Kier alpha value is 0.350. The summed E-state index contributed by atoms with van der Waals surface area (Å²) < 4.78 is 0.306. The summed E-state index contributed by atoms with van der Waals surface area (Å²) in [5.41, 5.74) is 0. The van der Waals surface area contributed by atoms with Crippen LogP contribution >= 0.6 is 12.6 Å². The number of hydrogen-bond acceptors (Lipinski definition) is 1. The van der Waals surface area contributed by atoms with E-state index in [0.29, 0.717) is 4.75 Å². The molecule has 0 spiro atoms. The molecule has 0 aromatic rings. The van der Waals surface area contributed by atoms with E-state index in [1.54, 1.807) is 0 Å². The van der Waals surface area contributed by atoms with Crippen molar-refractivity contribution in [3.63, 3.8) is 0 Å². The number of hydrogen-bond donors (Lipinski definition) is 1. The van der Waals surface area contributed by atoms with Crippen molar-refractivity contribution >= 4 is 12.6 Å². The zero-order chi connectivity index (χ0) is 8.32. The molecule has 0 bridgehead atoms. The molecule has 11 heavy (non-hydrogen) atoms. The highest BCUT2D eigenvalue weighted by Crippen LogP contribution is 2.38. The van der Waals surface area contributed by atoms with E-state index in [4.69, 9.17) is 12.6 Å². The average Bonchev–Trinajstić information content (AvgIpc) is 2.06. The van der Waals surface area contributed by atoms with E-state index in [1.807, 2.05) is 0 Å². The van der Waals surface area contributed by atoms with Gasteiger partial charge in [0.05, 0.1) is 0 Å². The van der Waals surface area contributed by atoms with Crippen molar-refractivity contribution in [1.29, 1.82) is 0 Å². The van der Waals surface area contributed by atoms with Gasteiger partial charge in [-0.15, -0.1) is 0 Å². The van der Waals surface area contributed by atoms with Crippen molar-refractivity contribution in [3.8, 4) is 0 Å². The molecular weight excluding hydrogens is 152 g/mol. The lowest BCUT2D eigenvalue weighted by atomic mass is 9.79. The molecule has 0 saturated heterocycles. The molecule has 1 aliphatic rings. The molecule has 66 valence electrons. The second kappa shape index (κ2) is 3.84. The van der Waals surface area contributed by atoms with Gasteiger partial charge >= 0.3 is 0 Å². The Morgan fingerprint density at radius 1 is 1.27 bits per heavy atom. The monoisotopic (exact) mass is 172 g/mol. The summed E-state index contributed by atoms with van der Waals surface area (Å²) in [5, 5.41) is 0. The fourth-order valence-electron chi connectivity index (χ4n) is 2.01. The van der Waals surface area contributed by atoms with Crippen LogP contribution < -0.4 is 0 Å². The highest BCUT2D eigenvalue weighted by molar-refractivity contribution is 7.81. The van der Waals surface area contributed by atoms with Gasteiger partial charge in [-0.1, -0.05) is 33.1 Å². The van der Waals surface area contributed by atoms with Crippen molar-refractivity contribution in [1.82, 2.24) is 0 Å². The van der Waals surface area contributed by atoms with E-state index < -0.39 is 0 Å². The molecule has 1 unspecified atom stereocenters. The first-order chi connectivity index (χ1) is 5.17. The van der Waals surface area contributed by atoms with Crippen LogP contribution in [0.15, 0.2) is 0 Å². The quantitative estimate of drug-likeness (QED) is 0.604. The van der Waals surface area contributed by atoms with Crippen LogP contribution in [0.4, 0.5) is 0 Å². The Kier molecular flexibility index (Phi) is 3.29. The molecule has 0 radical (unpaired) electrons. The lowest BCUT2D eigenvalue weighted by Crippen LogP contribution is -2.29. The van der Waals surface area contributed by atoms with Crippen LogP contribution in [-0.2, 0) is 0 Å². The zero-order valence-corrected chi connectivity index (χ0v) is 8.66. The summed E-state index contributed by atoms with van der Waals surface area (Å²) in [6.07, 6.45) is 8.34. The summed E-state index contributed by atoms with van der Waals surface area (Å²) in [7, 11) is 0. The molecule has 1 fully saturated rings. The van der Waals surface area contributed by atoms with Crippen LogP contribution in [0, 0.1) is 5.92 Å². The largest absolute Gasteiger partial charge is 0.173 e. The average molecular weight is 172 g/mol. The zero-order valence-electron chi connectivity index (χ0n) is 7.77. The summed E-state index contributed by atoms with van der Waals surface area (Å²) >= 11 is 4.73. The normalized spacial score (nSPS) is 26.5. The Morgan fingerprint density at radius 3 is 2.27 bits per heavy atom. The fraction of sp³-hybridized carbons (Fsp3) is 1.00. The summed E-state index contributed by atoms with van der Waals surface area (Å²) in [4.78, 5) is 0. The van der Waals surface area contributed by atoms with Crippen LogP contribution in [0.25, 0.3) is 0 Å². The molecular formula is C10H20S. The van der Waals surface area contributed by atoms with Gasteiger partial charge in [0.1, 0.15) is 0 Å². The minimum Gasteiger partial charge on any atom is -0.173 e. The van der Waals surface area contributed by atoms with Crippen LogP contribution in [0.3, 0.4) is 0 Å². The third-order valence-corrected chi connectivity index (χ3v) is 3.88. The van der Waals surface area contributed by atoms with E-state index >= 15 is 0 Å². The summed E-state index contributed by atoms with van der Waals surface area (Å²) in [5.74, 6) is 0.879. The van der Waals surface area contributed by atoms with Gasteiger partial charge in [0.15, 0.2) is 0 Å². The van der Waals surface area contributed by atoms with Gasteiger partial charge in [0, 0.05) is 4.75 Å². The van der Waals surface area contributed by atoms with Gasteiger partial charge in [-0.3, -0.25) is 0 Å². The number of thiol groups is 1. The van der Waals surface area contributed by atoms with Crippen LogP contribution in [0.5, 0.6) is 0 Å². The third kappa shape index (κ3) is 2.40. The molecule has 1 saturated carbocycles. The highest BCUT2D eigenvalue weighted by atomic mass is 32.1. The van der Waals surface area contributed by atoms with Gasteiger partial charge in [-0.05, 0) is 25.2 Å². The van der Waals surface area contributed by atoms with E-state index in [0.717, 1.165) is 5.92 Å². The van der Waals surface area contributed by atoms with Crippen molar-refractivity contribution in [3.05, 3.63) is 0 Å². The SMILES string of the molecule is CCC(C)(S)C1CCCCC1. The van der Waals surface area contributed by atoms with Crippen LogP contribution in [-0.4, -0.2) is 4.75 Å². The Morgan fingerprint density at radius 2 is 1.82 bits per heavy atom. The predicted molar refractivity (Wildman–Crippen MR) is 54.3 cm³/mol. The minimum absolute atomic E-state index is 0.306. The second-order valence-electron chi connectivity index (χ2n) is 4.05. The predicted octanol–water partition coefficient (Wildman–Crippen LogP) is 3.67. The lowest BCUT2D eigenvalue weighted by Gasteiger charge is -2.35. The molecule has 1 atom stereocenters. The summed E-state index contributed by atoms with van der Waals surface area (Å²) in [6.45, 7) is 4.55. The third-order valence-electron chi connectivity index (χ3n) is 3.20. The Labute approximate surface area is 76.2 Å². The standard InChI is InChI=1S/C10H20S/c1-3-10(2,11)9-7-5-4-6-8-9/h9,11H,3-8H2,1-2H3. The van der Waals surface area contributed by atoms with E-state index in [1.165, 1.54) is 38.5 Å². The molecule has 0 aromatic carbocycles. The van der Waals surface area contributed by atoms with Gasteiger partial charge in [0.2, 0.25) is 0 Å². The fourth-order valence-corrected chi connectivity index (χ4v) is 2.27. The van der Waals surface area contributed by atoms with Crippen LogP contribution in [0.2, 0.25) is 0 Å². The van der Waals surface area contributed by atoms with Crippen molar-refractivity contribution in [2.45, 2.75) is 57.1 Å². The van der Waals surface area contributed by atoms with Gasteiger partial charge in [0.25, 0.3) is 0 Å². The molecule has 1 heteroatoms. The molecule has 0 N–H and O–H groups in total. The van der Waals surface area contributed by atoms with Gasteiger partial charge in [-0.25, -0.2) is 0 Å². The lowest BCUT2D eigenvalue weighted by molar-refractivity contribution is 0.287. The van der Waals surface area contributed by atoms with Crippen LogP contribution in [0.1, 0.15) is 52.4 Å². The minimum atomic E-state index is 0.306. The van der Waals surface area contributed by atoms with E-state index in [9.17, 15) is 0 Å². The molecule has 1 rings (SSSR count). The van der Waals surface area contributed by atoms with E-state index in [2.05, 4.69) is 13.8 Å². The first kappa shape index (κ1) is 9.44. The van der Waals surface area contributed by atoms with Gasteiger partial charge < -0.3 is 0 Å². The molecule has 1 aliphatic carbocycles. The van der Waals surface area contributed by atoms with Crippen molar-refractivity contribution in [2.24, 2.45) is 5.92 Å². The second-order valence-corrected chi connectivity index (χ2v) is 5.07. The first-order valence-electron chi connectivity index (χ1n) is 4.89. The smallest absolute Gasteiger partial charge is 0.0127 e. The molecule has 0 amide bonds. The van der Waals surface area contributed by atoms with Gasteiger partial charge in [-0.2, -0.15) is 12.6 Å². The Bertz CT molecular complexity index is 112. The van der Waals surface area contributed by atoms with E-state index in [-0.39, 0.29) is 0 Å². The molecule has 0 nitrogen and oxygen atoms in total. The maximum Gasteiger partial charge on any atom is 0.0127 e. The molecule has 0 aliphatic heterocycles. The summed E-state index contributed by atoms with van der Waals surface area (Å²) in [6, 6.07) is 0. The first-order valence-corrected chi connectivity index (χ1v) is 5.34.